The molecule has 1 unspecified atom stereocenters. The van der Waals surface area contributed by atoms with Gasteiger partial charge in [-0.05, 0) is 25.1 Å². The minimum atomic E-state index is -0.298. The first-order valence-electron chi connectivity index (χ1n) is 4.80. The zero-order valence-electron chi connectivity index (χ0n) is 8.67. The van der Waals surface area contributed by atoms with Gasteiger partial charge < -0.3 is 5.11 Å². The molecule has 0 radical (unpaired) electrons. The van der Waals surface area contributed by atoms with Crippen molar-refractivity contribution < 1.29 is 5.11 Å². The summed E-state index contributed by atoms with van der Waals surface area (Å²) >= 11 is 0. The fraction of sp³-hybridized carbons (Fsp3) is 0.273. The van der Waals surface area contributed by atoms with Crippen LogP contribution in [-0.2, 0) is 6.42 Å². The number of aromatic nitrogens is 3. The molecule has 2 N–H and O–H groups in total. The molecule has 0 aliphatic heterocycles. The molecular weight excluding hydrogens is 190 g/mol. The van der Waals surface area contributed by atoms with E-state index in [1.54, 1.807) is 25.5 Å². The van der Waals surface area contributed by atoms with Crippen molar-refractivity contribution in [2.24, 2.45) is 0 Å². The Labute approximate surface area is 89.0 Å². The third-order valence-electron chi connectivity index (χ3n) is 1.63. The fourth-order valence-corrected chi connectivity index (χ4v) is 1.02. The van der Waals surface area contributed by atoms with Gasteiger partial charge in [-0.15, -0.1) is 0 Å². The van der Waals surface area contributed by atoms with Gasteiger partial charge in [0.25, 0.3) is 0 Å². The van der Waals surface area contributed by atoms with Gasteiger partial charge in [0, 0.05) is 25.0 Å². The topological polar surface area (TPSA) is 61.8 Å². The normalized spacial score (nSPS) is 11.3. The predicted octanol–water partition coefficient (Wildman–Crippen LogP) is 1.41. The van der Waals surface area contributed by atoms with Crippen LogP contribution in [0.5, 0.6) is 0 Å². The number of hydrogen-bond acceptors (Lipinski definition) is 3. The molecule has 0 amide bonds. The second-order valence-corrected chi connectivity index (χ2v) is 3.14. The number of hydrogen-bond donors (Lipinski definition) is 2. The van der Waals surface area contributed by atoms with Crippen LogP contribution in [-0.4, -0.2) is 26.4 Å². The Bertz CT molecular complexity index is 305. The summed E-state index contributed by atoms with van der Waals surface area (Å²) in [5.74, 6) is 0. The van der Waals surface area contributed by atoms with Crippen LogP contribution in [0.1, 0.15) is 12.6 Å². The number of aromatic amines is 1. The minimum Gasteiger partial charge on any atom is -0.393 e. The molecule has 0 spiro atoms. The molecule has 0 aliphatic carbocycles. The summed E-state index contributed by atoms with van der Waals surface area (Å²) < 4.78 is 0. The van der Waals surface area contributed by atoms with Gasteiger partial charge in [-0.25, -0.2) is 0 Å². The quantitative estimate of drug-likeness (QED) is 0.779. The number of rotatable bonds is 2. The summed E-state index contributed by atoms with van der Waals surface area (Å²) in [6.07, 6.45) is 5.58. The molecule has 1 atom stereocenters. The number of nitrogens with zero attached hydrogens (tertiary/aromatic N) is 2. The Morgan fingerprint density at radius 1 is 1.33 bits per heavy atom. The second-order valence-electron chi connectivity index (χ2n) is 3.14. The number of H-pyrrole nitrogens is 1. The molecule has 0 saturated carbocycles. The first-order valence-corrected chi connectivity index (χ1v) is 4.80. The van der Waals surface area contributed by atoms with Crippen molar-refractivity contribution >= 4 is 0 Å². The van der Waals surface area contributed by atoms with Gasteiger partial charge in [-0.1, -0.05) is 6.07 Å². The van der Waals surface area contributed by atoms with Crippen LogP contribution in [0.4, 0.5) is 0 Å². The lowest BCUT2D eigenvalue weighted by Gasteiger charge is -1.97. The van der Waals surface area contributed by atoms with E-state index in [9.17, 15) is 0 Å². The molecule has 4 heteroatoms. The summed E-state index contributed by atoms with van der Waals surface area (Å²) in [5.41, 5.74) is 0.907. The van der Waals surface area contributed by atoms with Crippen LogP contribution < -0.4 is 0 Å². The van der Waals surface area contributed by atoms with Crippen molar-refractivity contribution in [2.75, 3.05) is 0 Å². The predicted molar refractivity (Wildman–Crippen MR) is 58.2 cm³/mol. The van der Waals surface area contributed by atoms with Crippen molar-refractivity contribution in [3.05, 3.63) is 48.5 Å². The third-order valence-corrected chi connectivity index (χ3v) is 1.63. The molecule has 2 rings (SSSR count). The van der Waals surface area contributed by atoms with Crippen LogP contribution in [0.25, 0.3) is 0 Å². The van der Waals surface area contributed by atoms with Gasteiger partial charge >= 0.3 is 0 Å². The molecule has 0 aromatic carbocycles. The van der Waals surface area contributed by atoms with E-state index in [1.165, 1.54) is 0 Å². The van der Waals surface area contributed by atoms with E-state index in [0.29, 0.717) is 6.42 Å². The molecule has 0 fully saturated rings. The van der Waals surface area contributed by atoms with E-state index in [0.717, 1.165) is 5.69 Å². The van der Waals surface area contributed by atoms with E-state index >= 15 is 0 Å². The summed E-state index contributed by atoms with van der Waals surface area (Å²) in [6, 6.07) is 7.57. The maximum absolute atomic E-state index is 8.87. The van der Waals surface area contributed by atoms with Crippen LogP contribution in [0, 0.1) is 0 Å². The van der Waals surface area contributed by atoms with Gasteiger partial charge in [0.2, 0.25) is 0 Å². The van der Waals surface area contributed by atoms with E-state index in [1.807, 2.05) is 24.3 Å². The van der Waals surface area contributed by atoms with Crippen molar-refractivity contribution in [1.29, 1.82) is 0 Å². The number of aliphatic hydroxyl groups excluding tert-OH is 1. The molecule has 4 nitrogen and oxygen atoms in total. The molecule has 0 bridgehead atoms. The first kappa shape index (κ1) is 11.4. The van der Waals surface area contributed by atoms with Crippen LogP contribution >= 0.6 is 0 Å². The summed E-state index contributed by atoms with van der Waals surface area (Å²) in [7, 11) is 0. The molecule has 2 aromatic rings. The smallest absolute Gasteiger partial charge is 0.0647 e. The van der Waals surface area contributed by atoms with Crippen molar-refractivity contribution in [3.8, 4) is 0 Å². The molecule has 0 aliphatic rings. The molecule has 0 saturated heterocycles. The minimum absolute atomic E-state index is 0.298. The number of nitrogens with one attached hydrogen (secondary N) is 1. The van der Waals surface area contributed by atoms with E-state index in [2.05, 4.69) is 15.2 Å². The highest BCUT2D eigenvalue weighted by Gasteiger charge is 1.98. The highest BCUT2D eigenvalue weighted by Crippen LogP contribution is 1.95. The average molecular weight is 205 g/mol. The Morgan fingerprint density at radius 2 is 2.07 bits per heavy atom. The SMILES string of the molecule is CC(O)Cc1cc[nH]n1.c1ccncc1. The largest absolute Gasteiger partial charge is 0.393 e. The molecule has 2 aromatic heterocycles. The number of aliphatic hydroxyl groups is 1. The van der Waals surface area contributed by atoms with Gasteiger partial charge in [0.1, 0.15) is 0 Å². The van der Waals surface area contributed by atoms with Crippen LogP contribution in [0.2, 0.25) is 0 Å². The monoisotopic (exact) mass is 205 g/mol. The van der Waals surface area contributed by atoms with Crippen LogP contribution in [0.15, 0.2) is 42.9 Å². The van der Waals surface area contributed by atoms with Crippen molar-refractivity contribution in [2.45, 2.75) is 19.4 Å². The Hall–Kier alpha value is -1.68. The molecular formula is C11H15N3O. The van der Waals surface area contributed by atoms with Crippen molar-refractivity contribution in [1.82, 2.24) is 15.2 Å². The zero-order chi connectivity index (χ0) is 10.9. The average Bonchev–Trinajstić information content (AvgIpc) is 2.73. The fourth-order valence-electron chi connectivity index (χ4n) is 1.02. The van der Waals surface area contributed by atoms with E-state index < -0.39 is 0 Å². The van der Waals surface area contributed by atoms with Crippen LogP contribution in [0.3, 0.4) is 0 Å². The number of pyridine rings is 1. The first-order chi connectivity index (χ1) is 7.29. The Kier molecular flexibility index (Phi) is 5.11. The van der Waals surface area contributed by atoms with Gasteiger partial charge in [0.05, 0.1) is 11.8 Å². The Balaban J connectivity index is 0.000000162. The molecule has 80 valence electrons. The summed E-state index contributed by atoms with van der Waals surface area (Å²) in [6.45, 7) is 1.74. The van der Waals surface area contributed by atoms with Crippen molar-refractivity contribution in [3.63, 3.8) is 0 Å². The maximum Gasteiger partial charge on any atom is 0.0647 e. The highest BCUT2D eigenvalue weighted by molar-refractivity contribution is 4.98. The molecule has 2 heterocycles. The lowest BCUT2D eigenvalue weighted by atomic mass is 10.2. The Morgan fingerprint density at radius 3 is 2.40 bits per heavy atom. The lowest BCUT2D eigenvalue weighted by molar-refractivity contribution is 0.194. The summed E-state index contributed by atoms with van der Waals surface area (Å²) in [5, 5.41) is 15.4. The summed E-state index contributed by atoms with van der Waals surface area (Å²) in [4.78, 5) is 3.78. The second kappa shape index (κ2) is 6.73. The standard InChI is InChI=1S/C6H10N2O.C5H5N/c1-5(9)4-6-2-3-7-8-6;1-2-4-6-5-3-1/h2-3,5,9H,4H2,1H3,(H,7,8);1-5H. The van der Waals surface area contributed by atoms with Gasteiger partial charge in [-0.2, -0.15) is 5.10 Å². The highest BCUT2D eigenvalue weighted by atomic mass is 16.3. The van der Waals surface area contributed by atoms with E-state index in [-0.39, 0.29) is 6.10 Å². The maximum atomic E-state index is 8.87. The van der Waals surface area contributed by atoms with Gasteiger partial charge in [-0.3, -0.25) is 10.1 Å². The van der Waals surface area contributed by atoms with E-state index in [4.69, 9.17) is 5.11 Å². The third kappa shape index (κ3) is 5.59. The lowest BCUT2D eigenvalue weighted by Crippen LogP contribution is -2.04. The zero-order valence-corrected chi connectivity index (χ0v) is 8.67. The van der Waals surface area contributed by atoms with Gasteiger partial charge in [0.15, 0.2) is 0 Å². The molecule has 15 heavy (non-hydrogen) atoms.